The van der Waals surface area contributed by atoms with Gasteiger partial charge in [-0.2, -0.15) is 0 Å². The first-order valence-corrected chi connectivity index (χ1v) is 20.1. The molecule has 5 aromatic rings. The number of aryl methyl sites for hydroxylation is 1. The second-order valence-corrected chi connectivity index (χ2v) is 16.5. The summed E-state index contributed by atoms with van der Waals surface area (Å²) in [6.07, 6.45) is 3.14. The molecule has 0 bridgehead atoms. The van der Waals surface area contributed by atoms with Gasteiger partial charge in [-0.05, 0) is 51.8 Å². The number of hydrogen-bond donors (Lipinski definition) is 3. The number of thioether (sulfide) groups is 1. The molecule has 9 rings (SSSR count). The molecule has 1 aliphatic carbocycles. The van der Waals surface area contributed by atoms with Gasteiger partial charge in [0.25, 0.3) is 0 Å². The second-order valence-electron chi connectivity index (χ2n) is 15.2. The number of anilines is 2. The number of carboxylic acid groups (broad SMARTS) is 2. The van der Waals surface area contributed by atoms with Crippen molar-refractivity contribution in [3.63, 3.8) is 0 Å². The van der Waals surface area contributed by atoms with Gasteiger partial charge in [0.05, 0.1) is 46.2 Å². The van der Waals surface area contributed by atoms with E-state index in [1.807, 2.05) is 23.6 Å². The SMILES string of the molecule is COc1c(N2CCNC(C)C2)c(F)cc2c(=O)c(C(=O)O)cn(C3CC3)c12.Cc1oc(=O)oc1CN1CCN(c2cc3c(cc2F)c(=O)c(C(=O)O)c2n3[C@@H](C)S2)CC1. The maximum Gasteiger partial charge on any atom is 0.519 e. The molecule has 1 unspecified atom stereocenters. The number of methoxy groups -OCH3 is 1. The van der Waals surface area contributed by atoms with Gasteiger partial charge in [-0.15, -0.1) is 0 Å². The monoisotopic (exact) mass is 836 g/mol. The fourth-order valence-corrected chi connectivity index (χ4v) is 9.35. The summed E-state index contributed by atoms with van der Waals surface area (Å²) in [7, 11) is 1.45. The molecule has 6 heterocycles. The lowest BCUT2D eigenvalue weighted by Crippen LogP contribution is -2.49. The number of nitrogens with one attached hydrogen (secondary N) is 1. The Bertz CT molecular complexity index is 2720. The predicted octanol–water partition coefficient (Wildman–Crippen LogP) is 4.62. The third-order valence-corrected chi connectivity index (χ3v) is 12.4. The number of rotatable bonds is 8. The van der Waals surface area contributed by atoms with E-state index in [4.69, 9.17) is 13.6 Å². The van der Waals surface area contributed by atoms with E-state index in [0.29, 0.717) is 90.5 Å². The van der Waals surface area contributed by atoms with Crippen LogP contribution in [-0.2, 0) is 6.54 Å². The van der Waals surface area contributed by atoms with Crippen LogP contribution in [0.4, 0.5) is 20.2 Å². The molecule has 0 amide bonds. The first kappa shape index (κ1) is 40.1. The van der Waals surface area contributed by atoms with Crippen LogP contribution in [-0.4, -0.2) is 95.2 Å². The van der Waals surface area contributed by atoms with Crippen LogP contribution >= 0.6 is 11.8 Å². The summed E-state index contributed by atoms with van der Waals surface area (Å²) in [6, 6.07) is 4.25. The predicted molar refractivity (Wildman–Crippen MR) is 215 cm³/mol. The largest absolute Gasteiger partial charge is 0.519 e. The molecule has 2 aromatic carbocycles. The molecule has 312 valence electrons. The Hall–Kier alpha value is -5.66. The fourth-order valence-electron chi connectivity index (χ4n) is 8.19. The lowest BCUT2D eigenvalue weighted by Gasteiger charge is -2.37. The summed E-state index contributed by atoms with van der Waals surface area (Å²) in [5.74, 6) is -3.24. The van der Waals surface area contributed by atoms with Gasteiger partial charge in [-0.25, -0.2) is 23.2 Å². The molecule has 0 spiro atoms. The first-order valence-electron chi connectivity index (χ1n) is 19.2. The molecular formula is C40H42F2N6O10S. The van der Waals surface area contributed by atoms with E-state index in [0.717, 1.165) is 31.5 Å². The Morgan fingerprint density at radius 3 is 2.24 bits per heavy atom. The number of pyridine rings is 2. The summed E-state index contributed by atoms with van der Waals surface area (Å²) in [4.78, 5) is 65.7. The summed E-state index contributed by atoms with van der Waals surface area (Å²) in [5, 5.41) is 22.6. The highest BCUT2D eigenvalue weighted by Crippen LogP contribution is 2.47. The molecular weight excluding hydrogens is 795 g/mol. The maximum atomic E-state index is 15.1. The van der Waals surface area contributed by atoms with Crippen molar-refractivity contribution in [1.82, 2.24) is 19.4 Å². The highest BCUT2D eigenvalue weighted by molar-refractivity contribution is 8.00. The molecule has 4 aliphatic rings. The zero-order valence-corrected chi connectivity index (χ0v) is 33.5. The minimum atomic E-state index is -1.31. The number of piperazine rings is 2. The van der Waals surface area contributed by atoms with Crippen LogP contribution in [0.1, 0.15) is 70.3 Å². The van der Waals surface area contributed by atoms with Gasteiger partial charge in [-0.1, -0.05) is 11.8 Å². The number of nitrogens with zero attached hydrogens (tertiary/aromatic N) is 5. The third kappa shape index (κ3) is 7.24. The molecule has 3 fully saturated rings. The van der Waals surface area contributed by atoms with Gasteiger partial charge in [-0.3, -0.25) is 14.5 Å². The number of fused-ring (bicyclic) bond motifs is 4. The van der Waals surface area contributed by atoms with E-state index in [-0.39, 0.29) is 39.4 Å². The van der Waals surface area contributed by atoms with Crippen molar-refractivity contribution in [2.45, 2.75) is 62.6 Å². The highest BCUT2D eigenvalue weighted by atomic mass is 32.2. The summed E-state index contributed by atoms with van der Waals surface area (Å²) in [5.41, 5.74) is -0.285. The number of carbonyl (C=O) groups is 2. The third-order valence-electron chi connectivity index (χ3n) is 11.3. The Balaban J connectivity index is 0.000000167. The Kier molecular flexibility index (Phi) is 10.5. The first-order chi connectivity index (χ1) is 28.2. The normalized spacial score (nSPS) is 19.3. The van der Waals surface area contributed by atoms with E-state index in [1.54, 1.807) is 22.1 Å². The van der Waals surface area contributed by atoms with Crippen LogP contribution in [0.3, 0.4) is 0 Å². The summed E-state index contributed by atoms with van der Waals surface area (Å²) < 4.78 is 49.3. The second kappa shape index (κ2) is 15.5. The minimum absolute atomic E-state index is 0.0445. The van der Waals surface area contributed by atoms with E-state index in [1.165, 1.54) is 25.1 Å². The average molecular weight is 837 g/mol. The minimum Gasteiger partial charge on any atom is -0.492 e. The van der Waals surface area contributed by atoms with Crippen molar-refractivity contribution in [1.29, 1.82) is 0 Å². The van der Waals surface area contributed by atoms with E-state index in [9.17, 15) is 34.2 Å². The number of halogens is 2. The van der Waals surface area contributed by atoms with Gasteiger partial charge in [0.2, 0.25) is 10.9 Å². The Morgan fingerprint density at radius 2 is 1.64 bits per heavy atom. The molecule has 59 heavy (non-hydrogen) atoms. The zero-order chi connectivity index (χ0) is 42.0. The molecule has 0 radical (unpaired) electrons. The van der Waals surface area contributed by atoms with Gasteiger partial charge in [0.1, 0.15) is 28.4 Å². The maximum absolute atomic E-state index is 15.1. The Morgan fingerprint density at radius 1 is 0.932 bits per heavy atom. The molecule has 3 aliphatic heterocycles. The van der Waals surface area contributed by atoms with Gasteiger partial charge < -0.3 is 48.0 Å². The van der Waals surface area contributed by atoms with E-state index >= 15 is 8.78 Å². The number of aromatic nitrogens is 2. The van der Waals surface area contributed by atoms with Crippen LogP contribution in [0.2, 0.25) is 0 Å². The quantitative estimate of drug-likeness (QED) is 0.196. The van der Waals surface area contributed by atoms with Crippen LogP contribution in [0.5, 0.6) is 5.75 Å². The molecule has 3 aromatic heterocycles. The average Bonchev–Trinajstić information content (AvgIpc) is 3.98. The van der Waals surface area contributed by atoms with E-state index < -0.39 is 40.3 Å². The molecule has 1 saturated carbocycles. The molecule has 19 heteroatoms. The summed E-state index contributed by atoms with van der Waals surface area (Å²) >= 11 is 1.32. The van der Waals surface area contributed by atoms with Crippen molar-refractivity contribution >= 4 is 56.9 Å². The van der Waals surface area contributed by atoms with Gasteiger partial charge in [0.15, 0.2) is 17.3 Å². The topological polar surface area (TPSA) is 193 Å². The van der Waals surface area contributed by atoms with Crippen molar-refractivity contribution in [3.8, 4) is 5.75 Å². The van der Waals surface area contributed by atoms with Gasteiger partial charge >= 0.3 is 17.8 Å². The molecule has 16 nitrogen and oxygen atoms in total. The van der Waals surface area contributed by atoms with Crippen molar-refractivity contribution in [2.24, 2.45) is 0 Å². The van der Waals surface area contributed by atoms with Crippen LogP contribution in [0.15, 0.2) is 52.6 Å². The Labute approximate surface area is 338 Å². The lowest BCUT2D eigenvalue weighted by molar-refractivity contribution is 0.0681. The van der Waals surface area contributed by atoms with Gasteiger partial charge in [0, 0.05) is 69.5 Å². The standard InChI is InChI=1S/C21H20FN3O6S.C19H22FN3O4/c1-10-16(31-21(29)30-10)9-23-3-5-24(6-4-23)15-8-14-12(7-13(15)22)18(26)17(20(27)28)19-25(14)11(2)32-19;1-10-8-22(6-5-21-10)16-14(20)7-12-15(18(16)27-2)23(11-3-4-11)9-13(17(12)24)19(25)26/h7-8,11H,3-6,9H2,1-2H3,(H,27,28);7,9-11,21H,3-6,8H2,1-2H3,(H,25,26)/t11-;/m1./s1. The number of benzene rings is 2. The molecule has 2 saturated heterocycles. The number of carboxylic acids is 2. The lowest BCUT2D eigenvalue weighted by atomic mass is 10.1. The van der Waals surface area contributed by atoms with Crippen LogP contribution in [0, 0.1) is 18.6 Å². The van der Waals surface area contributed by atoms with Crippen LogP contribution < -0.4 is 36.5 Å². The molecule has 3 N–H and O–H groups in total. The van der Waals surface area contributed by atoms with Crippen molar-refractivity contribution in [3.05, 3.63) is 89.7 Å². The van der Waals surface area contributed by atoms with Crippen molar-refractivity contribution in [2.75, 3.05) is 62.7 Å². The van der Waals surface area contributed by atoms with Crippen molar-refractivity contribution < 1.29 is 42.2 Å². The number of aromatic carboxylic acids is 2. The summed E-state index contributed by atoms with van der Waals surface area (Å²) in [6.45, 7) is 10.3. The number of hydrogen-bond acceptors (Lipinski definition) is 13. The zero-order valence-electron chi connectivity index (χ0n) is 32.7. The fraction of sp³-hybridized carbons (Fsp3) is 0.425. The molecule has 2 atom stereocenters. The number of ether oxygens (including phenoxy) is 1. The smallest absolute Gasteiger partial charge is 0.492 e. The van der Waals surface area contributed by atoms with E-state index in [2.05, 4.69) is 10.2 Å². The highest BCUT2D eigenvalue weighted by Gasteiger charge is 2.35. The van der Waals surface area contributed by atoms with Crippen LogP contribution in [0.25, 0.3) is 21.8 Å².